The van der Waals surface area contributed by atoms with Gasteiger partial charge in [0.05, 0.1) is 10.6 Å². The summed E-state index contributed by atoms with van der Waals surface area (Å²) < 4.78 is 0.779. The Balaban J connectivity index is 0.000000204. The van der Waals surface area contributed by atoms with E-state index in [1.54, 1.807) is 13.1 Å². The zero-order chi connectivity index (χ0) is 15.3. The number of nitro groups is 1. The highest BCUT2D eigenvalue weighted by Crippen LogP contribution is 2.12. The van der Waals surface area contributed by atoms with Crippen molar-refractivity contribution in [1.82, 2.24) is 9.97 Å². The summed E-state index contributed by atoms with van der Waals surface area (Å²) in [4.78, 5) is 15.3. The van der Waals surface area contributed by atoms with Gasteiger partial charge in [-0.1, -0.05) is 24.4 Å². The lowest BCUT2D eigenvalue weighted by Crippen LogP contribution is -1.91. The molecule has 6 nitrogen and oxygen atoms in total. The van der Waals surface area contributed by atoms with Gasteiger partial charge in [0, 0.05) is 18.5 Å². The van der Waals surface area contributed by atoms with Crippen molar-refractivity contribution in [3.8, 4) is 0 Å². The summed E-state index contributed by atoms with van der Waals surface area (Å²) in [5.74, 6) is 0. The van der Waals surface area contributed by atoms with Gasteiger partial charge in [0.2, 0.25) is 0 Å². The van der Waals surface area contributed by atoms with Crippen LogP contribution in [-0.4, -0.2) is 14.9 Å². The summed E-state index contributed by atoms with van der Waals surface area (Å²) in [5, 5.41) is 10.3. The molecule has 0 amide bonds. The average molecular weight is 310 g/mol. The third kappa shape index (κ3) is 4.56. The fourth-order valence-corrected chi connectivity index (χ4v) is 1.64. The van der Waals surface area contributed by atoms with Crippen LogP contribution in [0.5, 0.6) is 0 Å². The number of rotatable bonds is 1. The van der Waals surface area contributed by atoms with E-state index in [2.05, 4.69) is 9.97 Å². The predicted octanol–water partition coefficient (Wildman–Crippen LogP) is 3.60. The normalized spacial score (nSPS) is 9.50. The van der Waals surface area contributed by atoms with Crippen LogP contribution in [-0.2, 0) is 0 Å². The van der Waals surface area contributed by atoms with E-state index in [4.69, 9.17) is 30.2 Å². The molecule has 0 fully saturated rings. The van der Waals surface area contributed by atoms with Crippen molar-refractivity contribution >= 4 is 35.8 Å². The standard InChI is InChI=1S/C6H6N2O2S.C6H8N2S/c1-4-2-5(8(9)10)6(11)7-3-4;1-4-2-5(7)6(9)8-3-4/h2-3H,1H3,(H,7,11);2-3H,7H2,1H3,(H,8,9). The van der Waals surface area contributed by atoms with Gasteiger partial charge in [-0.2, -0.15) is 0 Å². The van der Waals surface area contributed by atoms with E-state index in [1.165, 1.54) is 6.07 Å². The van der Waals surface area contributed by atoms with E-state index in [9.17, 15) is 10.1 Å². The van der Waals surface area contributed by atoms with Gasteiger partial charge < -0.3 is 15.7 Å². The molecule has 2 aromatic rings. The summed E-state index contributed by atoms with van der Waals surface area (Å²) >= 11 is 9.52. The minimum atomic E-state index is -0.494. The summed E-state index contributed by atoms with van der Waals surface area (Å²) in [7, 11) is 0. The second kappa shape index (κ2) is 6.92. The molecule has 0 aromatic carbocycles. The Morgan fingerprint density at radius 2 is 1.60 bits per heavy atom. The quantitative estimate of drug-likeness (QED) is 0.424. The van der Waals surface area contributed by atoms with Crippen LogP contribution >= 0.6 is 24.4 Å². The van der Waals surface area contributed by atoms with Crippen LogP contribution in [0, 0.1) is 33.2 Å². The minimum absolute atomic E-state index is 0.0417. The van der Waals surface area contributed by atoms with Crippen molar-refractivity contribution in [1.29, 1.82) is 0 Å². The first-order chi connectivity index (χ1) is 9.31. The van der Waals surface area contributed by atoms with Crippen LogP contribution in [0.25, 0.3) is 0 Å². The van der Waals surface area contributed by atoms with Gasteiger partial charge in [-0.05, 0) is 31.0 Å². The lowest BCUT2D eigenvalue weighted by Gasteiger charge is -1.93. The largest absolute Gasteiger partial charge is 0.396 e. The molecule has 0 aliphatic carbocycles. The van der Waals surface area contributed by atoms with Crippen LogP contribution in [0.2, 0.25) is 0 Å². The number of aromatic amines is 2. The van der Waals surface area contributed by atoms with Crippen molar-refractivity contribution in [3.05, 3.63) is 55.0 Å². The van der Waals surface area contributed by atoms with Gasteiger partial charge in [0.1, 0.15) is 4.64 Å². The van der Waals surface area contributed by atoms with Crippen LogP contribution in [0.1, 0.15) is 11.1 Å². The number of aryl methyl sites for hydroxylation is 2. The molecule has 0 aliphatic rings. The maximum atomic E-state index is 10.3. The molecule has 2 aromatic heterocycles. The second-order valence-corrected chi connectivity index (χ2v) is 4.93. The average Bonchev–Trinajstić information content (AvgIpc) is 2.38. The number of hydrogen-bond acceptors (Lipinski definition) is 5. The maximum Gasteiger partial charge on any atom is 0.304 e. The third-order valence-corrected chi connectivity index (χ3v) is 2.98. The number of nitrogen functional groups attached to an aromatic ring is 1. The van der Waals surface area contributed by atoms with Crippen LogP contribution in [0.3, 0.4) is 0 Å². The van der Waals surface area contributed by atoms with E-state index < -0.39 is 4.92 Å². The van der Waals surface area contributed by atoms with Crippen LogP contribution in [0.15, 0.2) is 24.5 Å². The molecule has 0 saturated heterocycles. The molecule has 20 heavy (non-hydrogen) atoms. The number of nitrogens with zero attached hydrogens (tertiary/aromatic N) is 1. The summed E-state index contributed by atoms with van der Waals surface area (Å²) in [6.45, 7) is 3.72. The van der Waals surface area contributed by atoms with Gasteiger partial charge in [0.25, 0.3) is 0 Å². The van der Waals surface area contributed by atoms with Crippen LogP contribution < -0.4 is 5.73 Å². The number of H-pyrrole nitrogens is 2. The smallest absolute Gasteiger partial charge is 0.304 e. The predicted molar refractivity (Wildman–Crippen MR) is 83.8 cm³/mol. The number of nitrogens with one attached hydrogen (secondary N) is 2. The highest BCUT2D eigenvalue weighted by atomic mass is 32.1. The monoisotopic (exact) mass is 310 g/mol. The Labute approximate surface area is 125 Å². The molecule has 0 atom stereocenters. The molecule has 106 valence electrons. The topological polar surface area (TPSA) is 101 Å². The first-order valence-electron chi connectivity index (χ1n) is 5.60. The van der Waals surface area contributed by atoms with E-state index in [-0.39, 0.29) is 10.3 Å². The van der Waals surface area contributed by atoms with Crippen molar-refractivity contribution in [3.63, 3.8) is 0 Å². The summed E-state index contributed by atoms with van der Waals surface area (Å²) in [6, 6.07) is 3.29. The van der Waals surface area contributed by atoms with Gasteiger partial charge in [-0.25, -0.2) is 0 Å². The van der Waals surface area contributed by atoms with Gasteiger partial charge in [-0.3, -0.25) is 10.1 Å². The number of hydrogen-bond donors (Lipinski definition) is 3. The molecule has 0 spiro atoms. The molecule has 4 N–H and O–H groups in total. The fraction of sp³-hybridized carbons (Fsp3) is 0.167. The Morgan fingerprint density at radius 1 is 1.10 bits per heavy atom. The van der Waals surface area contributed by atoms with Gasteiger partial charge >= 0.3 is 5.69 Å². The number of nitrogens with two attached hydrogens (primary N) is 1. The van der Waals surface area contributed by atoms with Crippen molar-refractivity contribution in [2.24, 2.45) is 0 Å². The van der Waals surface area contributed by atoms with Crippen molar-refractivity contribution in [2.75, 3.05) is 5.73 Å². The van der Waals surface area contributed by atoms with Gasteiger partial charge in [-0.15, -0.1) is 0 Å². The van der Waals surface area contributed by atoms with E-state index in [0.717, 1.165) is 11.1 Å². The highest BCUT2D eigenvalue weighted by molar-refractivity contribution is 7.71. The van der Waals surface area contributed by atoms with E-state index >= 15 is 0 Å². The number of pyridine rings is 2. The molecule has 2 heterocycles. The third-order valence-electron chi connectivity index (χ3n) is 2.30. The zero-order valence-electron chi connectivity index (χ0n) is 11.0. The maximum absolute atomic E-state index is 10.3. The molecule has 8 heteroatoms. The summed E-state index contributed by atoms with van der Waals surface area (Å²) in [6.07, 6.45) is 3.47. The van der Waals surface area contributed by atoms with Gasteiger partial charge in [0.15, 0.2) is 4.64 Å². The lowest BCUT2D eigenvalue weighted by atomic mass is 10.3. The Hall–Kier alpha value is -2.06. The van der Waals surface area contributed by atoms with Crippen LogP contribution in [0.4, 0.5) is 11.4 Å². The Morgan fingerprint density at radius 3 is 2.00 bits per heavy atom. The highest BCUT2D eigenvalue weighted by Gasteiger charge is 2.07. The Kier molecular flexibility index (Phi) is 5.53. The zero-order valence-corrected chi connectivity index (χ0v) is 12.6. The van der Waals surface area contributed by atoms with E-state index in [0.29, 0.717) is 10.3 Å². The Bertz CT molecular complexity index is 737. The number of anilines is 1. The SMILES string of the molecule is Cc1c[nH]c(=S)c(N)c1.Cc1c[nH]c(=S)c([N+](=O)[O-])c1. The van der Waals surface area contributed by atoms with E-state index in [1.807, 2.05) is 19.2 Å². The minimum Gasteiger partial charge on any atom is -0.396 e. The van der Waals surface area contributed by atoms with Crippen molar-refractivity contribution in [2.45, 2.75) is 13.8 Å². The molecule has 0 unspecified atom stereocenters. The first kappa shape index (κ1) is 16.0. The molecule has 0 radical (unpaired) electrons. The molecule has 2 rings (SSSR count). The molecule has 0 saturated carbocycles. The fourth-order valence-electron chi connectivity index (χ4n) is 1.33. The van der Waals surface area contributed by atoms with Crippen molar-refractivity contribution < 1.29 is 4.92 Å². The number of aromatic nitrogens is 2. The lowest BCUT2D eigenvalue weighted by molar-refractivity contribution is -0.385. The summed E-state index contributed by atoms with van der Waals surface area (Å²) in [5.41, 5.74) is 7.98. The molecule has 0 aliphatic heterocycles. The first-order valence-corrected chi connectivity index (χ1v) is 6.41. The molecular weight excluding hydrogens is 296 g/mol. The molecule has 0 bridgehead atoms. The second-order valence-electron chi connectivity index (χ2n) is 4.11. The molecular formula is C12H14N4O2S2.